The number of carboxylic acids is 1. The van der Waals surface area contributed by atoms with Crippen LogP contribution < -0.4 is 5.32 Å². The largest absolute Gasteiger partial charge is 0.480 e. The lowest BCUT2D eigenvalue weighted by atomic mass is 10.0. The topological polar surface area (TPSA) is 66.4 Å². The summed E-state index contributed by atoms with van der Waals surface area (Å²) in [6, 6.07) is 12.6. The number of carbonyl (C=O) groups is 2. The number of anilines is 1. The summed E-state index contributed by atoms with van der Waals surface area (Å²) in [6.07, 6.45) is 0. The summed E-state index contributed by atoms with van der Waals surface area (Å²) in [5.41, 5.74) is 1.60. The first kappa shape index (κ1) is 15.1. The zero-order chi connectivity index (χ0) is 15.4. The van der Waals surface area contributed by atoms with E-state index in [9.17, 15) is 9.59 Å². The van der Waals surface area contributed by atoms with E-state index in [2.05, 4.69) is 5.32 Å². The fourth-order valence-electron chi connectivity index (χ4n) is 1.83. The molecule has 0 saturated heterocycles. The highest BCUT2D eigenvalue weighted by Crippen LogP contribution is 2.17. The van der Waals surface area contributed by atoms with Crippen LogP contribution in [0.2, 0.25) is 5.02 Å². The number of hydrogen-bond acceptors (Lipinski definition) is 3. The Bertz CT molecular complexity index is 667. The van der Waals surface area contributed by atoms with E-state index >= 15 is 0 Å². The van der Waals surface area contributed by atoms with Crippen molar-refractivity contribution in [1.29, 1.82) is 0 Å². The molecule has 0 heterocycles. The van der Waals surface area contributed by atoms with Crippen LogP contribution in [0.1, 0.15) is 22.8 Å². The Balaban J connectivity index is 2.22. The summed E-state index contributed by atoms with van der Waals surface area (Å²) in [4.78, 5) is 23.2. The predicted molar refractivity (Wildman–Crippen MR) is 82.0 cm³/mol. The van der Waals surface area contributed by atoms with Crippen molar-refractivity contribution in [1.82, 2.24) is 0 Å². The molecular weight excluding hydrogens is 290 g/mol. The van der Waals surface area contributed by atoms with Gasteiger partial charge in [-0.3, -0.25) is 9.59 Å². The van der Waals surface area contributed by atoms with Gasteiger partial charge in [0.15, 0.2) is 5.78 Å². The average Bonchev–Trinajstić information content (AvgIpc) is 2.47. The Morgan fingerprint density at radius 2 is 1.76 bits per heavy atom. The second-order valence-electron chi connectivity index (χ2n) is 4.62. The number of rotatable bonds is 5. The summed E-state index contributed by atoms with van der Waals surface area (Å²) in [5.74, 6) is -1.09. The summed E-state index contributed by atoms with van der Waals surface area (Å²) in [6.45, 7) is 1.54. The maximum absolute atomic E-state index is 12.3. The molecule has 0 aromatic heterocycles. The minimum atomic E-state index is -0.954. The Hall–Kier alpha value is -2.33. The fraction of sp³-hybridized carbons (Fsp3) is 0.125. The molecule has 0 unspecified atom stereocenters. The highest BCUT2D eigenvalue weighted by Gasteiger charge is 2.13. The van der Waals surface area contributed by atoms with Gasteiger partial charge in [-0.15, -0.1) is 0 Å². The maximum Gasteiger partial charge on any atom is 0.325 e. The van der Waals surface area contributed by atoms with Gasteiger partial charge in [0.2, 0.25) is 0 Å². The van der Waals surface area contributed by atoms with Crippen LogP contribution in [0.25, 0.3) is 0 Å². The molecule has 21 heavy (non-hydrogen) atoms. The quantitative estimate of drug-likeness (QED) is 0.830. The van der Waals surface area contributed by atoms with Crippen LogP contribution in [-0.2, 0) is 4.79 Å². The number of ketones is 1. The lowest BCUT2D eigenvalue weighted by Gasteiger charge is -2.11. The minimum Gasteiger partial charge on any atom is -0.480 e. The Morgan fingerprint density at radius 1 is 1.10 bits per heavy atom. The van der Waals surface area contributed by atoms with Gasteiger partial charge in [-0.2, -0.15) is 0 Å². The molecule has 0 radical (unpaired) electrons. The van der Waals surface area contributed by atoms with E-state index in [0.717, 1.165) is 0 Å². The van der Waals surface area contributed by atoms with Crippen LogP contribution in [0.5, 0.6) is 0 Å². The Kier molecular flexibility index (Phi) is 4.60. The minimum absolute atomic E-state index is 0.140. The van der Waals surface area contributed by atoms with Gasteiger partial charge in [0.05, 0.1) is 0 Å². The van der Waals surface area contributed by atoms with Crippen LogP contribution in [0.3, 0.4) is 0 Å². The molecule has 0 aliphatic carbocycles. The van der Waals surface area contributed by atoms with Crippen molar-refractivity contribution in [2.24, 2.45) is 0 Å². The van der Waals surface area contributed by atoms with Crippen molar-refractivity contribution < 1.29 is 14.7 Å². The van der Waals surface area contributed by atoms with E-state index in [1.807, 2.05) is 0 Å². The third-order valence-corrected chi connectivity index (χ3v) is 3.24. The number of hydrogen-bond donors (Lipinski definition) is 2. The van der Waals surface area contributed by atoms with Crippen molar-refractivity contribution in [3.63, 3.8) is 0 Å². The molecule has 1 atom stereocenters. The second-order valence-corrected chi connectivity index (χ2v) is 5.06. The van der Waals surface area contributed by atoms with Gasteiger partial charge in [-0.1, -0.05) is 23.7 Å². The number of aliphatic carboxylic acids is 1. The molecule has 0 aliphatic heterocycles. The summed E-state index contributed by atoms with van der Waals surface area (Å²) < 4.78 is 0. The average molecular weight is 304 g/mol. The molecule has 0 fully saturated rings. The van der Waals surface area contributed by atoms with Crippen molar-refractivity contribution in [3.05, 3.63) is 64.7 Å². The Labute approximate surface area is 127 Å². The van der Waals surface area contributed by atoms with Gasteiger partial charge in [-0.25, -0.2) is 0 Å². The van der Waals surface area contributed by atoms with Crippen LogP contribution in [0.4, 0.5) is 5.69 Å². The van der Waals surface area contributed by atoms with Crippen molar-refractivity contribution in [2.45, 2.75) is 13.0 Å². The van der Waals surface area contributed by atoms with Crippen molar-refractivity contribution >= 4 is 29.0 Å². The first-order valence-electron chi connectivity index (χ1n) is 6.37. The molecule has 2 rings (SSSR count). The molecule has 108 valence electrons. The number of carboxylic acid groups (broad SMARTS) is 1. The molecule has 2 N–H and O–H groups in total. The smallest absolute Gasteiger partial charge is 0.325 e. The number of halogens is 1. The summed E-state index contributed by atoms with van der Waals surface area (Å²) >= 11 is 5.80. The van der Waals surface area contributed by atoms with Gasteiger partial charge in [-0.05, 0) is 43.3 Å². The SMILES string of the molecule is C[C@H](Nc1cccc(C(=O)c2ccc(Cl)cc2)c1)C(=O)O. The molecule has 5 heteroatoms. The number of nitrogens with one attached hydrogen (secondary N) is 1. The standard InChI is InChI=1S/C16H14ClNO3/c1-10(16(20)21)18-14-4-2-3-12(9-14)15(19)11-5-7-13(17)8-6-11/h2-10,18H,1H3,(H,20,21)/t10-/m0/s1. The van der Waals surface area contributed by atoms with E-state index in [1.54, 1.807) is 48.5 Å². The van der Waals surface area contributed by atoms with Crippen LogP contribution in [-0.4, -0.2) is 22.9 Å². The van der Waals surface area contributed by atoms with Crippen LogP contribution >= 0.6 is 11.6 Å². The zero-order valence-electron chi connectivity index (χ0n) is 11.3. The molecule has 4 nitrogen and oxygen atoms in total. The van der Waals surface area contributed by atoms with Gasteiger partial charge < -0.3 is 10.4 Å². The normalized spacial score (nSPS) is 11.7. The van der Waals surface area contributed by atoms with Crippen molar-refractivity contribution in [3.8, 4) is 0 Å². The molecular formula is C16H14ClNO3. The van der Waals surface area contributed by atoms with Gasteiger partial charge in [0.1, 0.15) is 6.04 Å². The first-order valence-corrected chi connectivity index (χ1v) is 6.75. The zero-order valence-corrected chi connectivity index (χ0v) is 12.1. The van der Waals surface area contributed by atoms with Gasteiger partial charge in [0, 0.05) is 21.8 Å². The predicted octanol–water partition coefficient (Wildman–Crippen LogP) is 3.46. The molecule has 2 aromatic carbocycles. The molecule has 2 aromatic rings. The summed E-state index contributed by atoms with van der Waals surface area (Å²) in [7, 11) is 0. The monoisotopic (exact) mass is 303 g/mol. The van der Waals surface area contributed by atoms with E-state index in [-0.39, 0.29) is 5.78 Å². The highest BCUT2D eigenvalue weighted by atomic mass is 35.5. The van der Waals surface area contributed by atoms with Crippen LogP contribution in [0, 0.1) is 0 Å². The van der Waals surface area contributed by atoms with Gasteiger partial charge >= 0.3 is 5.97 Å². The molecule has 0 bridgehead atoms. The molecule has 0 amide bonds. The second kappa shape index (κ2) is 6.41. The van der Waals surface area contributed by atoms with Crippen LogP contribution in [0.15, 0.2) is 48.5 Å². The lowest BCUT2D eigenvalue weighted by molar-refractivity contribution is -0.137. The first-order chi connectivity index (χ1) is 9.97. The van der Waals surface area contributed by atoms with Gasteiger partial charge in [0.25, 0.3) is 0 Å². The number of benzene rings is 2. The van der Waals surface area contributed by atoms with E-state index < -0.39 is 12.0 Å². The van der Waals surface area contributed by atoms with E-state index in [0.29, 0.717) is 21.8 Å². The molecule has 0 saturated carbocycles. The molecule has 0 spiro atoms. The van der Waals surface area contributed by atoms with E-state index in [4.69, 9.17) is 16.7 Å². The maximum atomic E-state index is 12.3. The fourth-order valence-corrected chi connectivity index (χ4v) is 1.96. The summed E-state index contributed by atoms with van der Waals surface area (Å²) in [5, 5.41) is 12.3. The third kappa shape index (κ3) is 3.83. The Morgan fingerprint density at radius 3 is 2.38 bits per heavy atom. The highest BCUT2D eigenvalue weighted by molar-refractivity contribution is 6.30. The van der Waals surface area contributed by atoms with Crippen molar-refractivity contribution in [2.75, 3.05) is 5.32 Å². The number of carbonyl (C=O) groups excluding carboxylic acids is 1. The van der Waals surface area contributed by atoms with E-state index in [1.165, 1.54) is 6.92 Å². The third-order valence-electron chi connectivity index (χ3n) is 2.98. The molecule has 0 aliphatic rings. The lowest BCUT2D eigenvalue weighted by Crippen LogP contribution is -2.25.